The molecule has 0 saturated carbocycles. The maximum Gasteiger partial charge on any atom is 0.347 e. The summed E-state index contributed by atoms with van der Waals surface area (Å²) < 4.78 is 10.3. The van der Waals surface area contributed by atoms with Gasteiger partial charge in [-0.15, -0.1) is 0 Å². The molecule has 1 aromatic rings. The molecule has 20 heavy (non-hydrogen) atoms. The molecule has 0 heterocycles. The van der Waals surface area contributed by atoms with E-state index in [-0.39, 0.29) is 23.1 Å². The van der Waals surface area contributed by atoms with Gasteiger partial charge in [-0.1, -0.05) is 24.9 Å². The number of esters is 1. The molecule has 7 heteroatoms. The number of hydrogen-bond acceptors (Lipinski definition) is 5. The van der Waals surface area contributed by atoms with Crippen LogP contribution >= 0.6 is 11.6 Å². The molecule has 1 aromatic carbocycles. The first-order chi connectivity index (χ1) is 9.49. The molecule has 0 bridgehead atoms. The fraction of sp³-hybridized carbons (Fsp3) is 0.462. The van der Waals surface area contributed by atoms with E-state index >= 15 is 0 Å². The molecule has 0 aromatic heterocycles. The molecular weight excluding hydrogens is 286 g/mol. The Morgan fingerprint density at radius 3 is 2.70 bits per heavy atom. The van der Waals surface area contributed by atoms with Crippen molar-refractivity contribution in [2.75, 3.05) is 6.61 Å². The van der Waals surface area contributed by atoms with Crippen molar-refractivity contribution in [3.8, 4) is 5.75 Å². The van der Waals surface area contributed by atoms with E-state index in [1.165, 1.54) is 18.2 Å². The number of benzene rings is 1. The molecule has 0 saturated heterocycles. The van der Waals surface area contributed by atoms with Crippen LogP contribution in [0, 0.1) is 10.1 Å². The largest absolute Gasteiger partial charge is 0.472 e. The molecule has 110 valence electrons. The van der Waals surface area contributed by atoms with Gasteiger partial charge >= 0.3 is 11.7 Å². The lowest BCUT2D eigenvalue weighted by Crippen LogP contribution is -2.29. The summed E-state index contributed by atoms with van der Waals surface area (Å²) in [5.74, 6) is -0.524. The third-order valence-corrected chi connectivity index (χ3v) is 2.72. The van der Waals surface area contributed by atoms with Crippen molar-refractivity contribution >= 4 is 23.3 Å². The van der Waals surface area contributed by atoms with Gasteiger partial charge in [0.2, 0.25) is 0 Å². The van der Waals surface area contributed by atoms with Gasteiger partial charge in [-0.2, -0.15) is 0 Å². The van der Waals surface area contributed by atoms with E-state index in [4.69, 9.17) is 21.1 Å². The van der Waals surface area contributed by atoms with E-state index in [9.17, 15) is 14.9 Å². The van der Waals surface area contributed by atoms with Crippen molar-refractivity contribution in [1.82, 2.24) is 0 Å². The van der Waals surface area contributed by atoms with Crippen LogP contribution in [0.2, 0.25) is 5.02 Å². The van der Waals surface area contributed by atoms with Crippen molar-refractivity contribution in [3.05, 3.63) is 33.3 Å². The summed E-state index contributed by atoms with van der Waals surface area (Å²) in [4.78, 5) is 22.1. The van der Waals surface area contributed by atoms with Crippen LogP contribution in [-0.4, -0.2) is 23.6 Å². The lowest BCUT2D eigenvalue weighted by molar-refractivity contribution is -0.386. The molecule has 0 radical (unpaired) electrons. The van der Waals surface area contributed by atoms with E-state index in [1.807, 2.05) is 6.92 Å². The number of rotatable bonds is 7. The number of carbonyl (C=O) groups is 1. The number of nitrogens with zero attached hydrogens (tertiary/aromatic N) is 1. The second-order valence-electron chi connectivity index (χ2n) is 4.02. The summed E-state index contributed by atoms with van der Waals surface area (Å²) in [5, 5.41) is 11.2. The molecule has 1 rings (SSSR count). The number of nitro groups is 1. The molecule has 1 unspecified atom stereocenters. The number of ether oxygens (including phenoxy) is 2. The number of nitro benzene ring substituents is 1. The third kappa shape index (κ3) is 4.38. The molecule has 6 nitrogen and oxygen atoms in total. The lowest BCUT2D eigenvalue weighted by Gasteiger charge is -2.16. The first kappa shape index (κ1) is 16.2. The SMILES string of the molecule is CCCC(Oc1ccc(Cl)cc1[N+](=O)[O-])C(=O)OCC. The second-order valence-corrected chi connectivity index (χ2v) is 4.45. The van der Waals surface area contributed by atoms with Crippen LogP contribution in [0.5, 0.6) is 5.75 Å². The summed E-state index contributed by atoms with van der Waals surface area (Å²) in [7, 11) is 0. The minimum atomic E-state index is -0.861. The summed E-state index contributed by atoms with van der Waals surface area (Å²) >= 11 is 5.72. The molecule has 0 aliphatic rings. The standard InChI is InChI=1S/C13H16ClNO5/c1-3-5-12(13(16)19-4-2)20-11-7-6-9(14)8-10(11)15(17)18/h6-8,12H,3-5H2,1-2H3. The molecule has 0 N–H and O–H groups in total. The molecular formula is C13H16ClNO5. The Bertz CT molecular complexity index is 492. The maximum absolute atomic E-state index is 11.7. The van der Waals surface area contributed by atoms with Gasteiger partial charge in [0.15, 0.2) is 11.9 Å². The Morgan fingerprint density at radius 2 is 2.15 bits per heavy atom. The number of carbonyl (C=O) groups excluding carboxylic acids is 1. The summed E-state index contributed by atoms with van der Waals surface area (Å²) in [6.45, 7) is 3.79. The average molecular weight is 302 g/mol. The Kier molecular flexibility index (Phi) is 6.24. The van der Waals surface area contributed by atoms with Gasteiger partial charge in [-0.3, -0.25) is 10.1 Å². The Hall–Kier alpha value is -1.82. The maximum atomic E-state index is 11.7. The second kappa shape index (κ2) is 7.69. The van der Waals surface area contributed by atoms with E-state index in [1.54, 1.807) is 6.92 Å². The molecule has 0 fully saturated rings. The molecule has 1 atom stereocenters. The van der Waals surface area contributed by atoms with Gasteiger partial charge in [-0.05, 0) is 25.5 Å². The van der Waals surface area contributed by atoms with E-state index in [2.05, 4.69) is 0 Å². The van der Waals surface area contributed by atoms with Crippen molar-refractivity contribution in [2.24, 2.45) is 0 Å². The lowest BCUT2D eigenvalue weighted by atomic mass is 10.2. The predicted octanol–water partition coefficient (Wildman–Crippen LogP) is 3.36. The molecule has 0 aliphatic heterocycles. The van der Waals surface area contributed by atoms with E-state index in [0.717, 1.165) is 0 Å². The highest BCUT2D eigenvalue weighted by Gasteiger charge is 2.25. The van der Waals surface area contributed by atoms with Crippen molar-refractivity contribution < 1.29 is 19.2 Å². The fourth-order valence-electron chi connectivity index (χ4n) is 1.61. The van der Waals surface area contributed by atoms with Crippen LogP contribution in [0.4, 0.5) is 5.69 Å². The Labute approximate surface area is 121 Å². The summed E-state index contributed by atoms with van der Waals surface area (Å²) in [6, 6.07) is 4.03. The first-order valence-corrected chi connectivity index (χ1v) is 6.64. The average Bonchev–Trinajstić information content (AvgIpc) is 2.40. The zero-order valence-electron chi connectivity index (χ0n) is 11.3. The van der Waals surface area contributed by atoms with Crippen LogP contribution in [-0.2, 0) is 9.53 Å². The van der Waals surface area contributed by atoms with Crippen LogP contribution < -0.4 is 4.74 Å². The Balaban J connectivity index is 2.98. The van der Waals surface area contributed by atoms with Crippen LogP contribution in [0.25, 0.3) is 0 Å². The van der Waals surface area contributed by atoms with Gasteiger partial charge in [0, 0.05) is 11.1 Å². The normalized spacial score (nSPS) is 11.8. The van der Waals surface area contributed by atoms with Crippen LogP contribution in [0.1, 0.15) is 26.7 Å². The fourth-order valence-corrected chi connectivity index (χ4v) is 1.77. The highest BCUT2D eigenvalue weighted by atomic mass is 35.5. The van der Waals surface area contributed by atoms with Crippen LogP contribution in [0.15, 0.2) is 18.2 Å². The minimum absolute atomic E-state index is 0.00547. The van der Waals surface area contributed by atoms with Crippen molar-refractivity contribution in [1.29, 1.82) is 0 Å². The summed E-state index contributed by atoms with van der Waals surface area (Å²) in [6.07, 6.45) is 0.239. The highest BCUT2D eigenvalue weighted by molar-refractivity contribution is 6.30. The monoisotopic (exact) mass is 301 g/mol. The van der Waals surface area contributed by atoms with Gasteiger partial charge < -0.3 is 9.47 Å². The van der Waals surface area contributed by atoms with Gasteiger partial charge in [-0.25, -0.2) is 4.79 Å². The quantitative estimate of drug-likeness (QED) is 0.438. The van der Waals surface area contributed by atoms with Gasteiger partial charge in [0.05, 0.1) is 11.5 Å². The topological polar surface area (TPSA) is 78.7 Å². The number of hydrogen-bond donors (Lipinski definition) is 0. The van der Waals surface area contributed by atoms with Crippen molar-refractivity contribution in [2.45, 2.75) is 32.8 Å². The molecule has 0 spiro atoms. The molecule has 0 amide bonds. The third-order valence-electron chi connectivity index (χ3n) is 2.49. The van der Waals surface area contributed by atoms with E-state index in [0.29, 0.717) is 12.8 Å². The predicted molar refractivity (Wildman–Crippen MR) is 74.1 cm³/mol. The minimum Gasteiger partial charge on any atom is -0.472 e. The number of halogens is 1. The van der Waals surface area contributed by atoms with Gasteiger partial charge in [0.25, 0.3) is 0 Å². The highest BCUT2D eigenvalue weighted by Crippen LogP contribution is 2.31. The van der Waals surface area contributed by atoms with E-state index < -0.39 is 17.0 Å². The zero-order valence-corrected chi connectivity index (χ0v) is 12.1. The Morgan fingerprint density at radius 1 is 1.45 bits per heavy atom. The first-order valence-electron chi connectivity index (χ1n) is 6.26. The zero-order chi connectivity index (χ0) is 15.1. The smallest absolute Gasteiger partial charge is 0.347 e. The molecule has 0 aliphatic carbocycles. The summed E-state index contributed by atoms with van der Waals surface area (Å²) in [5.41, 5.74) is -0.275. The van der Waals surface area contributed by atoms with Gasteiger partial charge in [0.1, 0.15) is 0 Å². The van der Waals surface area contributed by atoms with Crippen LogP contribution in [0.3, 0.4) is 0 Å². The van der Waals surface area contributed by atoms with Crippen molar-refractivity contribution in [3.63, 3.8) is 0 Å².